The van der Waals surface area contributed by atoms with E-state index in [0.717, 1.165) is 17.0 Å². The first kappa shape index (κ1) is 10.4. The number of aryl methyl sites for hydroxylation is 1. The molecular formula is C11H14N2O. The van der Waals surface area contributed by atoms with Crippen LogP contribution in [-0.2, 0) is 0 Å². The maximum absolute atomic E-state index is 8.56. The maximum Gasteiger partial charge on any atom is 0.0976 e. The fraction of sp³-hybridized carbons (Fsp3) is 0.273. The molecule has 1 N–H and O–H groups in total. The molecule has 1 rings (SSSR count). The monoisotopic (exact) mass is 190 g/mol. The second-order valence-electron chi connectivity index (χ2n) is 3.17. The SMILES string of the molecule is CC(=Nc1ccccc1C)/C(C)=N/O. The first-order chi connectivity index (χ1) is 6.65. The lowest BCUT2D eigenvalue weighted by molar-refractivity contribution is 0.320. The minimum Gasteiger partial charge on any atom is -0.411 e. The van der Waals surface area contributed by atoms with Gasteiger partial charge in [-0.05, 0) is 32.4 Å². The van der Waals surface area contributed by atoms with E-state index >= 15 is 0 Å². The van der Waals surface area contributed by atoms with Crippen LogP contribution in [0.3, 0.4) is 0 Å². The van der Waals surface area contributed by atoms with Crippen LogP contribution in [0, 0.1) is 6.92 Å². The third-order valence-corrected chi connectivity index (χ3v) is 2.08. The van der Waals surface area contributed by atoms with Crippen LogP contribution in [0.25, 0.3) is 0 Å². The summed E-state index contributed by atoms with van der Waals surface area (Å²) in [6.45, 7) is 5.54. The molecule has 0 spiro atoms. The summed E-state index contributed by atoms with van der Waals surface area (Å²) >= 11 is 0. The van der Waals surface area contributed by atoms with Gasteiger partial charge in [-0.3, -0.25) is 4.99 Å². The van der Waals surface area contributed by atoms with Gasteiger partial charge >= 0.3 is 0 Å². The van der Waals surface area contributed by atoms with Crippen LogP contribution in [0.4, 0.5) is 5.69 Å². The van der Waals surface area contributed by atoms with Crippen molar-refractivity contribution < 1.29 is 5.21 Å². The van der Waals surface area contributed by atoms with Crippen molar-refractivity contribution in [3.05, 3.63) is 29.8 Å². The van der Waals surface area contributed by atoms with E-state index in [9.17, 15) is 0 Å². The van der Waals surface area contributed by atoms with Crippen LogP contribution in [0.2, 0.25) is 0 Å². The van der Waals surface area contributed by atoms with Crippen LogP contribution < -0.4 is 0 Å². The maximum atomic E-state index is 8.56. The molecular weight excluding hydrogens is 176 g/mol. The molecule has 0 aliphatic carbocycles. The Morgan fingerprint density at radius 3 is 2.36 bits per heavy atom. The third-order valence-electron chi connectivity index (χ3n) is 2.08. The highest BCUT2D eigenvalue weighted by Gasteiger charge is 1.99. The molecule has 0 aromatic heterocycles. The number of nitrogens with zero attached hydrogens (tertiary/aromatic N) is 2. The minimum atomic E-state index is 0.535. The van der Waals surface area contributed by atoms with Gasteiger partial charge in [0.1, 0.15) is 0 Å². The van der Waals surface area contributed by atoms with Crippen molar-refractivity contribution >= 4 is 17.1 Å². The van der Waals surface area contributed by atoms with Crippen LogP contribution >= 0.6 is 0 Å². The average Bonchev–Trinajstić information content (AvgIpc) is 2.20. The van der Waals surface area contributed by atoms with E-state index in [1.165, 1.54) is 0 Å². The Hall–Kier alpha value is -1.64. The van der Waals surface area contributed by atoms with E-state index in [1.807, 2.05) is 38.1 Å². The zero-order valence-corrected chi connectivity index (χ0v) is 8.65. The van der Waals surface area contributed by atoms with Gasteiger partial charge in [0.25, 0.3) is 0 Å². The predicted molar refractivity (Wildman–Crippen MR) is 58.8 cm³/mol. The average molecular weight is 190 g/mol. The van der Waals surface area contributed by atoms with Crippen molar-refractivity contribution in [1.29, 1.82) is 0 Å². The number of hydrogen-bond donors (Lipinski definition) is 1. The fourth-order valence-electron chi connectivity index (χ4n) is 1.02. The standard InChI is InChI=1S/C11H14N2O/c1-8-6-4-5-7-11(8)12-9(2)10(3)13-14/h4-7,14H,1-3H3/b12-9?,13-10+. The van der Waals surface area contributed by atoms with E-state index in [-0.39, 0.29) is 0 Å². The second-order valence-corrected chi connectivity index (χ2v) is 3.17. The number of hydrogen-bond acceptors (Lipinski definition) is 3. The van der Waals surface area contributed by atoms with Gasteiger partial charge in [0, 0.05) is 0 Å². The summed E-state index contributed by atoms with van der Waals surface area (Å²) in [6.07, 6.45) is 0. The molecule has 0 saturated heterocycles. The van der Waals surface area contributed by atoms with Crippen molar-refractivity contribution in [2.24, 2.45) is 10.1 Å². The highest BCUT2D eigenvalue weighted by molar-refractivity contribution is 6.40. The lowest BCUT2D eigenvalue weighted by Crippen LogP contribution is -2.04. The highest BCUT2D eigenvalue weighted by Crippen LogP contribution is 2.17. The zero-order valence-electron chi connectivity index (χ0n) is 8.65. The molecule has 74 valence electrons. The summed E-state index contributed by atoms with van der Waals surface area (Å²) in [6, 6.07) is 7.84. The fourth-order valence-corrected chi connectivity index (χ4v) is 1.02. The smallest absolute Gasteiger partial charge is 0.0976 e. The molecule has 3 heteroatoms. The number of para-hydroxylation sites is 1. The van der Waals surface area contributed by atoms with Gasteiger partial charge in [0.15, 0.2) is 0 Å². The van der Waals surface area contributed by atoms with Gasteiger partial charge in [-0.2, -0.15) is 0 Å². The summed E-state index contributed by atoms with van der Waals surface area (Å²) in [5.41, 5.74) is 3.28. The lowest BCUT2D eigenvalue weighted by Gasteiger charge is -2.01. The number of aliphatic imine (C=N–C) groups is 1. The summed E-state index contributed by atoms with van der Waals surface area (Å²) in [5.74, 6) is 0. The summed E-state index contributed by atoms with van der Waals surface area (Å²) in [4.78, 5) is 4.36. The second kappa shape index (κ2) is 4.56. The quantitative estimate of drug-likeness (QED) is 0.435. The Balaban J connectivity index is 3.04. The molecule has 1 aromatic carbocycles. The molecule has 0 unspecified atom stereocenters. The van der Waals surface area contributed by atoms with Gasteiger partial charge in [-0.25, -0.2) is 0 Å². The van der Waals surface area contributed by atoms with Crippen LogP contribution in [0.1, 0.15) is 19.4 Å². The topological polar surface area (TPSA) is 45.0 Å². The molecule has 0 bridgehead atoms. The van der Waals surface area contributed by atoms with Crippen molar-refractivity contribution in [3.63, 3.8) is 0 Å². The Labute approximate surface area is 83.8 Å². The molecule has 0 aliphatic heterocycles. The van der Waals surface area contributed by atoms with Crippen molar-refractivity contribution in [2.75, 3.05) is 0 Å². The predicted octanol–water partition coefficient (Wildman–Crippen LogP) is 2.94. The molecule has 0 aliphatic rings. The molecule has 0 radical (unpaired) electrons. The Bertz CT molecular complexity index is 381. The van der Waals surface area contributed by atoms with Gasteiger partial charge in [-0.1, -0.05) is 23.4 Å². The molecule has 14 heavy (non-hydrogen) atoms. The first-order valence-corrected chi connectivity index (χ1v) is 4.45. The van der Waals surface area contributed by atoms with E-state index < -0.39 is 0 Å². The van der Waals surface area contributed by atoms with Gasteiger partial charge in [-0.15, -0.1) is 0 Å². The van der Waals surface area contributed by atoms with Crippen molar-refractivity contribution in [2.45, 2.75) is 20.8 Å². The van der Waals surface area contributed by atoms with E-state index in [4.69, 9.17) is 5.21 Å². The number of benzene rings is 1. The Morgan fingerprint density at radius 1 is 1.14 bits per heavy atom. The van der Waals surface area contributed by atoms with Gasteiger partial charge < -0.3 is 5.21 Å². The number of oxime groups is 1. The molecule has 0 fully saturated rings. The summed E-state index contributed by atoms with van der Waals surface area (Å²) in [5, 5.41) is 11.7. The van der Waals surface area contributed by atoms with E-state index in [2.05, 4.69) is 10.1 Å². The van der Waals surface area contributed by atoms with E-state index in [1.54, 1.807) is 6.92 Å². The number of rotatable bonds is 2. The first-order valence-electron chi connectivity index (χ1n) is 4.45. The van der Waals surface area contributed by atoms with Gasteiger partial charge in [0.05, 0.1) is 17.1 Å². The Kier molecular flexibility index (Phi) is 3.40. The molecule has 3 nitrogen and oxygen atoms in total. The molecule has 0 atom stereocenters. The van der Waals surface area contributed by atoms with Crippen LogP contribution in [-0.4, -0.2) is 16.6 Å². The third kappa shape index (κ3) is 2.42. The summed E-state index contributed by atoms with van der Waals surface area (Å²) < 4.78 is 0. The molecule has 0 saturated carbocycles. The minimum absolute atomic E-state index is 0.535. The molecule has 0 amide bonds. The van der Waals surface area contributed by atoms with Crippen LogP contribution in [0.15, 0.2) is 34.4 Å². The Morgan fingerprint density at radius 2 is 1.79 bits per heavy atom. The molecule has 1 aromatic rings. The van der Waals surface area contributed by atoms with Crippen molar-refractivity contribution in [3.8, 4) is 0 Å². The normalized spacial score (nSPS) is 13.1. The molecule has 0 heterocycles. The summed E-state index contributed by atoms with van der Waals surface area (Å²) in [7, 11) is 0. The van der Waals surface area contributed by atoms with Crippen molar-refractivity contribution in [1.82, 2.24) is 0 Å². The van der Waals surface area contributed by atoms with Crippen LogP contribution in [0.5, 0.6) is 0 Å². The largest absolute Gasteiger partial charge is 0.411 e. The highest BCUT2D eigenvalue weighted by atomic mass is 16.4. The lowest BCUT2D eigenvalue weighted by atomic mass is 10.2. The zero-order chi connectivity index (χ0) is 10.6. The van der Waals surface area contributed by atoms with Gasteiger partial charge in [0.2, 0.25) is 0 Å². The van der Waals surface area contributed by atoms with E-state index in [0.29, 0.717) is 5.71 Å².